The first-order valence-electron chi connectivity index (χ1n) is 5.65. The summed E-state index contributed by atoms with van der Waals surface area (Å²) in [5, 5.41) is 17.9. The van der Waals surface area contributed by atoms with Gasteiger partial charge in [-0.25, -0.2) is 4.98 Å². The lowest BCUT2D eigenvalue weighted by Crippen LogP contribution is -2.11. The highest BCUT2D eigenvalue weighted by Crippen LogP contribution is 2.24. The van der Waals surface area contributed by atoms with E-state index < -0.39 is 11.2 Å². The van der Waals surface area contributed by atoms with Gasteiger partial charge in [0.25, 0.3) is 0 Å². The Balaban J connectivity index is 2.13. The van der Waals surface area contributed by atoms with Crippen LogP contribution >= 0.6 is 11.8 Å². The first kappa shape index (κ1) is 11.9. The third kappa shape index (κ3) is 2.01. The summed E-state index contributed by atoms with van der Waals surface area (Å²) in [7, 11) is 0. The molecular weight excluding hydrogens is 264 g/mol. The average molecular weight is 274 g/mol. The number of nitrogens with zero attached hydrogens (tertiary/aromatic N) is 4. The number of aliphatic carboxylic acids is 1. The SMILES string of the molecule is C[C@H](Sc1nnc2c3ccccc3ncn12)C(=O)O. The zero-order valence-electron chi connectivity index (χ0n) is 10.0. The summed E-state index contributed by atoms with van der Waals surface area (Å²) in [5.41, 5.74) is 1.52. The Labute approximate surface area is 112 Å². The zero-order valence-corrected chi connectivity index (χ0v) is 10.8. The second-order valence-corrected chi connectivity index (χ2v) is 5.34. The molecule has 3 aromatic rings. The van der Waals surface area contributed by atoms with Crippen LogP contribution in [0.25, 0.3) is 16.6 Å². The fourth-order valence-electron chi connectivity index (χ4n) is 1.75. The highest BCUT2D eigenvalue weighted by Gasteiger charge is 2.17. The van der Waals surface area contributed by atoms with E-state index in [9.17, 15) is 4.79 Å². The molecule has 3 rings (SSSR count). The zero-order chi connectivity index (χ0) is 13.4. The van der Waals surface area contributed by atoms with Crippen LogP contribution in [0.5, 0.6) is 0 Å². The normalized spacial score (nSPS) is 12.9. The Morgan fingerprint density at radius 2 is 2.16 bits per heavy atom. The third-order valence-electron chi connectivity index (χ3n) is 2.75. The van der Waals surface area contributed by atoms with Crippen molar-refractivity contribution in [3.05, 3.63) is 30.6 Å². The summed E-state index contributed by atoms with van der Waals surface area (Å²) in [6, 6.07) is 7.63. The van der Waals surface area contributed by atoms with E-state index in [2.05, 4.69) is 15.2 Å². The minimum Gasteiger partial charge on any atom is -0.480 e. The minimum atomic E-state index is -0.879. The van der Waals surface area contributed by atoms with Gasteiger partial charge < -0.3 is 5.11 Å². The van der Waals surface area contributed by atoms with E-state index in [1.165, 1.54) is 0 Å². The molecule has 0 aliphatic rings. The van der Waals surface area contributed by atoms with Gasteiger partial charge in [0, 0.05) is 5.39 Å². The first-order valence-corrected chi connectivity index (χ1v) is 6.53. The summed E-state index contributed by atoms with van der Waals surface area (Å²) in [6.45, 7) is 1.61. The molecule has 0 fully saturated rings. The predicted octanol–water partition coefficient (Wildman–Crippen LogP) is 1.84. The van der Waals surface area contributed by atoms with E-state index in [0.717, 1.165) is 22.7 Å². The number of hydrogen-bond donors (Lipinski definition) is 1. The standard InChI is InChI=1S/C12H10N4O2S/c1-7(11(17)18)19-12-15-14-10-8-4-2-3-5-9(8)13-6-16(10)12/h2-7H,1H3,(H,17,18)/t7-/m0/s1. The van der Waals surface area contributed by atoms with Crippen molar-refractivity contribution in [1.82, 2.24) is 19.6 Å². The van der Waals surface area contributed by atoms with Gasteiger partial charge in [0.2, 0.25) is 0 Å². The van der Waals surface area contributed by atoms with E-state index >= 15 is 0 Å². The number of carboxylic acid groups (broad SMARTS) is 1. The van der Waals surface area contributed by atoms with Gasteiger partial charge in [0.1, 0.15) is 11.6 Å². The molecule has 0 aliphatic carbocycles. The summed E-state index contributed by atoms with van der Waals surface area (Å²) in [6.07, 6.45) is 1.62. The van der Waals surface area contributed by atoms with Gasteiger partial charge in [0.15, 0.2) is 10.8 Å². The molecular formula is C12H10N4O2S. The van der Waals surface area contributed by atoms with Crippen LogP contribution < -0.4 is 0 Å². The fraction of sp³-hybridized carbons (Fsp3) is 0.167. The number of hydrogen-bond acceptors (Lipinski definition) is 5. The van der Waals surface area contributed by atoms with Crippen LogP contribution in [0, 0.1) is 0 Å². The smallest absolute Gasteiger partial charge is 0.316 e. The number of benzene rings is 1. The molecule has 7 heteroatoms. The summed E-state index contributed by atoms with van der Waals surface area (Å²) in [4.78, 5) is 15.2. The average Bonchev–Trinajstić information content (AvgIpc) is 2.82. The van der Waals surface area contributed by atoms with Crippen LogP contribution in [0.1, 0.15) is 6.92 Å². The number of carbonyl (C=O) groups is 1. The van der Waals surface area contributed by atoms with Gasteiger partial charge in [-0.1, -0.05) is 23.9 Å². The summed E-state index contributed by atoms with van der Waals surface area (Å²) < 4.78 is 1.71. The minimum absolute atomic E-state index is 0.531. The van der Waals surface area contributed by atoms with Crippen molar-refractivity contribution in [2.75, 3.05) is 0 Å². The molecule has 0 spiro atoms. The lowest BCUT2D eigenvalue weighted by atomic mass is 10.2. The van der Waals surface area contributed by atoms with Crippen LogP contribution in [-0.4, -0.2) is 35.9 Å². The first-order chi connectivity index (χ1) is 9.16. The van der Waals surface area contributed by atoms with Gasteiger partial charge in [-0.05, 0) is 19.1 Å². The summed E-state index contributed by atoms with van der Waals surface area (Å²) >= 11 is 1.15. The van der Waals surface area contributed by atoms with Crippen LogP contribution in [0.3, 0.4) is 0 Å². The molecule has 6 nitrogen and oxygen atoms in total. The molecule has 0 saturated heterocycles. The maximum atomic E-state index is 10.9. The Kier molecular flexibility index (Phi) is 2.83. The third-order valence-corrected chi connectivity index (χ3v) is 3.80. The lowest BCUT2D eigenvalue weighted by molar-refractivity contribution is -0.136. The number of para-hydroxylation sites is 1. The van der Waals surface area contributed by atoms with Crippen molar-refractivity contribution in [1.29, 1.82) is 0 Å². The van der Waals surface area contributed by atoms with Crippen LogP contribution in [-0.2, 0) is 4.79 Å². The van der Waals surface area contributed by atoms with Crippen LogP contribution in [0.15, 0.2) is 35.7 Å². The van der Waals surface area contributed by atoms with Gasteiger partial charge in [-0.15, -0.1) is 10.2 Å². The molecule has 1 atom stereocenters. The predicted molar refractivity (Wildman–Crippen MR) is 71.2 cm³/mol. The van der Waals surface area contributed by atoms with Gasteiger partial charge in [-0.3, -0.25) is 9.20 Å². The van der Waals surface area contributed by atoms with E-state index in [1.54, 1.807) is 17.7 Å². The Hall–Kier alpha value is -2.15. The molecule has 96 valence electrons. The number of thioether (sulfide) groups is 1. The van der Waals surface area contributed by atoms with E-state index in [1.807, 2.05) is 24.3 Å². The maximum Gasteiger partial charge on any atom is 0.316 e. The quantitative estimate of drug-likeness (QED) is 0.734. The van der Waals surface area contributed by atoms with Crippen molar-refractivity contribution >= 4 is 34.3 Å². The number of rotatable bonds is 3. The molecule has 2 heterocycles. The molecule has 2 aromatic heterocycles. The van der Waals surface area contributed by atoms with Gasteiger partial charge in [0.05, 0.1) is 5.52 Å². The molecule has 1 aromatic carbocycles. The Morgan fingerprint density at radius 3 is 2.95 bits per heavy atom. The highest BCUT2D eigenvalue weighted by molar-refractivity contribution is 8.00. The van der Waals surface area contributed by atoms with Crippen LogP contribution in [0.2, 0.25) is 0 Å². The molecule has 0 unspecified atom stereocenters. The lowest BCUT2D eigenvalue weighted by Gasteiger charge is -2.04. The largest absolute Gasteiger partial charge is 0.480 e. The number of fused-ring (bicyclic) bond motifs is 3. The molecule has 0 bridgehead atoms. The second-order valence-electron chi connectivity index (χ2n) is 4.04. The Morgan fingerprint density at radius 1 is 1.37 bits per heavy atom. The van der Waals surface area contributed by atoms with Gasteiger partial charge in [-0.2, -0.15) is 0 Å². The molecule has 0 radical (unpaired) electrons. The number of aromatic nitrogens is 4. The molecule has 0 amide bonds. The highest BCUT2D eigenvalue weighted by atomic mass is 32.2. The van der Waals surface area contributed by atoms with Crippen molar-refractivity contribution in [2.24, 2.45) is 0 Å². The number of carboxylic acids is 1. The molecule has 0 aliphatic heterocycles. The summed E-state index contributed by atoms with van der Waals surface area (Å²) in [5.74, 6) is -0.879. The second kappa shape index (κ2) is 4.51. The van der Waals surface area contributed by atoms with E-state index in [4.69, 9.17) is 5.11 Å². The molecule has 19 heavy (non-hydrogen) atoms. The van der Waals surface area contributed by atoms with Crippen molar-refractivity contribution in [3.63, 3.8) is 0 Å². The monoisotopic (exact) mass is 274 g/mol. The fourth-order valence-corrected chi connectivity index (χ4v) is 2.50. The van der Waals surface area contributed by atoms with Crippen molar-refractivity contribution < 1.29 is 9.90 Å². The van der Waals surface area contributed by atoms with E-state index in [0.29, 0.717) is 10.8 Å². The van der Waals surface area contributed by atoms with Gasteiger partial charge >= 0.3 is 5.97 Å². The topological polar surface area (TPSA) is 80.4 Å². The van der Waals surface area contributed by atoms with Crippen LogP contribution in [0.4, 0.5) is 0 Å². The van der Waals surface area contributed by atoms with Crippen molar-refractivity contribution in [3.8, 4) is 0 Å². The molecule has 0 saturated carbocycles. The van der Waals surface area contributed by atoms with E-state index in [-0.39, 0.29) is 0 Å². The maximum absolute atomic E-state index is 10.9. The van der Waals surface area contributed by atoms with Crippen molar-refractivity contribution in [2.45, 2.75) is 17.3 Å². The Bertz CT molecular complexity index is 771. The molecule has 1 N–H and O–H groups in total.